The second-order valence-electron chi connectivity index (χ2n) is 5.50. The van der Waals surface area contributed by atoms with Crippen LogP contribution in [0.2, 0.25) is 0 Å². The van der Waals surface area contributed by atoms with Crippen LogP contribution in [-0.2, 0) is 0 Å². The molecule has 0 aromatic heterocycles. The Labute approximate surface area is 110 Å². The van der Waals surface area contributed by atoms with Gasteiger partial charge in [-0.1, -0.05) is 0 Å². The third kappa shape index (κ3) is 3.16. The van der Waals surface area contributed by atoms with E-state index >= 15 is 0 Å². The Bertz CT molecular complexity index is 425. The van der Waals surface area contributed by atoms with Gasteiger partial charge in [-0.05, 0) is 63.8 Å². The summed E-state index contributed by atoms with van der Waals surface area (Å²) in [6.45, 7) is 10.6. The average Bonchev–Trinajstić information content (AvgIpc) is 2.29. The van der Waals surface area contributed by atoms with E-state index < -0.39 is 0 Å². The Morgan fingerprint density at radius 2 is 1.83 bits per heavy atom. The number of aryl methyl sites for hydroxylation is 1. The minimum Gasteiger partial charge on any atom is -0.496 e. The lowest BCUT2D eigenvalue weighted by Gasteiger charge is -2.29. The van der Waals surface area contributed by atoms with E-state index in [2.05, 4.69) is 46.0 Å². The summed E-state index contributed by atoms with van der Waals surface area (Å²) >= 11 is 0. The van der Waals surface area contributed by atoms with Crippen LogP contribution in [-0.4, -0.2) is 24.4 Å². The maximum atomic E-state index is 9.10. The number of hydrogen-bond donors (Lipinski definition) is 2. The summed E-state index contributed by atoms with van der Waals surface area (Å²) in [6.07, 6.45) is 0.719. The molecule has 0 saturated carbocycles. The van der Waals surface area contributed by atoms with Gasteiger partial charge in [0.2, 0.25) is 0 Å². The largest absolute Gasteiger partial charge is 0.496 e. The van der Waals surface area contributed by atoms with Crippen molar-refractivity contribution in [1.29, 1.82) is 0 Å². The average molecular weight is 251 g/mol. The van der Waals surface area contributed by atoms with E-state index in [1.807, 2.05) is 0 Å². The van der Waals surface area contributed by atoms with Crippen molar-refractivity contribution in [2.75, 3.05) is 19.0 Å². The smallest absolute Gasteiger partial charge is 0.122 e. The molecule has 3 heteroatoms. The predicted molar refractivity (Wildman–Crippen MR) is 76.6 cm³/mol. The van der Waals surface area contributed by atoms with E-state index in [0.29, 0.717) is 0 Å². The number of anilines is 1. The molecule has 18 heavy (non-hydrogen) atoms. The summed E-state index contributed by atoms with van der Waals surface area (Å²) < 4.78 is 5.37. The van der Waals surface area contributed by atoms with Gasteiger partial charge in [-0.25, -0.2) is 0 Å². The third-order valence-electron chi connectivity index (χ3n) is 3.47. The van der Waals surface area contributed by atoms with Crippen molar-refractivity contribution in [1.82, 2.24) is 0 Å². The fourth-order valence-electron chi connectivity index (χ4n) is 2.13. The lowest BCUT2D eigenvalue weighted by molar-refractivity contribution is 0.261. The predicted octanol–water partition coefficient (Wildman–Crippen LogP) is 3.19. The standard InChI is InChI=1S/C15H25NO2/c1-10-9-13(18-6)11(2)12(3)14(10)16-15(4,5)7-8-17/h9,16-17H,7-8H2,1-6H3. The summed E-state index contributed by atoms with van der Waals surface area (Å²) in [5, 5.41) is 12.6. The molecule has 0 aliphatic heterocycles. The second-order valence-corrected chi connectivity index (χ2v) is 5.50. The molecule has 0 heterocycles. The van der Waals surface area contributed by atoms with Gasteiger partial charge in [0, 0.05) is 17.8 Å². The number of aliphatic hydroxyl groups is 1. The first kappa shape index (κ1) is 14.8. The van der Waals surface area contributed by atoms with E-state index in [1.54, 1.807) is 7.11 Å². The molecule has 102 valence electrons. The highest BCUT2D eigenvalue weighted by Crippen LogP contribution is 2.33. The highest BCUT2D eigenvalue weighted by Gasteiger charge is 2.20. The van der Waals surface area contributed by atoms with Crippen LogP contribution in [0.3, 0.4) is 0 Å². The number of methoxy groups -OCH3 is 1. The fraction of sp³-hybridized carbons (Fsp3) is 0.600. The first-order valence-corrected chi connectivity index (χ1v) is 6.36. The van der Waals surface area contributed by atoms with Gasteiger partial charge in [-0.15, -0.1) is 0 Å². The Kier molecular flexibility index (Phi) is 4.63. The molecule has 0 saturated heterocycles. The maximum absolute atomic E-state index is 9.10. The zero-order valence-electron chi connectivity index (χ0n) is 12.3. The van der Waals surface area contributed by atoms with Gasteiger partial charge < -0.3 is 15.2 Å². The van der Waals surface area contributed by atoms with Crippen molar-refractivity contribution < 1.29 is 9.84 Å². The highest BCUT2D eigenvalue weighted by molar-refractivity contribution is 5.64. The maximum Gasteiger partial charge on any atom is 0.122 e. The number of aliphatic hydroxyl groups excluding tert-OH is 1. The molecule has 0 bridgehead atoms. The lowest BCUT2D eigenvalue weighted by atomic mass is 9.96. The normalized spacial score (nSPS) is 11.5. The summed E-state index contributed by atoms with van der Waals surface area (Å²) in [6, 6.07) is 2.06. The molecule has 0 spiro atoms. The van der Waals surface area contributed by atoms with Gasteiger partial charge >= 0.3 is 0 Å². The van der Waals surface area contributed by atoms with Crippen LogP contribution >= 0.6 is 0 Å². The number of ether oxygens (including phenoxy) is 1. The zero-order valence-corrected chi connectivity index (χ0v) is 12.3. The van der Waals surface area contributed by atoms with Crippen molar-refractivity contribution in [3.05, 3.63) is 22.8 Å². The van der Waals surface area contributed by atoms with Crippen molar-refractivity contribution >= 4 is 5.69 Å². The summed E-state index contributed by atoms with van der Waals surface area (Å²) in [7, 11) is 1.70. The number of nitrogens with one attached hydrogen (secondary N) is 1. The molecule has 1 aromatic carbocycles. The highest BCUT2D eigenvalue weighted by atomic mass is 16.5. The van der Waals surface area contributed by atoms with Crippen LogP contribution in [0.25, 0.3) is 0 Å². The monoisotopic (exact) mass is 251 g/mol. The van der Waals surface area contributed by atoms with Gasteiger partial charge in [-0.2, -0.15) is 0 Å². The van der Waals surface area contributed by atoms with Crippen molar-refractivity contribution in [2.24, 2.45) is 0 Å². The molecule has 1 rings (SSSR count). The zero-order chi connectivity index (χ0) is 13.9. The molecule has 0 aliphatic carbocycles. The second kappa shape index (κ2) is 5.61. The van der Waals surface area contributed by atoms with Crippen LogP contribution in [0.4, 0.5) is 5.69 Å². The molecule has 0 amide bonds. The van der Waals surface area contributed by atoms with Crippen LogP contribution in [0.1, 0.15) is 37.0 Å². The Hall–Kier alpha value is -1.22. The first-order valence-electron chi connectivity index (χ1n) is 6.36. The van der Waals surface area contributed by atoms with E-state index in [9.17, 15) is 0 Å². The molecular weight excluding hydrogens is 226 g/mol. The van der Waals surface area contributed by atoms with Crippen LogP contribution in [0, 0.1) is 20.8 Å². The molecular formula is C15H25NO2. The first-order chi connectivity index (χ1) is 8.32. The molecule has 0 fully saturated rings. The summed E-state index contributed by atoms with van der Waals surface area (Å²) in [5.74, 6) is 0.926. The van der Waals surface area contributed by atoms with Crippen LogP contribution in [0.15, 0.2) is 6.07 Å². The van der Waals surface area contributed by atoms with Crippen molar-refractivity contribution in [3.63, 3.8) is 0 Å². The third-order valence-corrected chi connectivity index (χ3v) is 3.47. The summed E-state index contributed by atoms with van der Waals surface area (Å²) in [4.78, 5) is 0. The molecule has 1 aromatic rings. The summed E-state index contributed by atoms with van der Waals surface area (Å²) in [5.41, 5.74) is 4.56. The van der Waals surface area contributed by atoms with Gasteiger partial charge in [0.25, 0.3) is 0 Å². The van der Waals surface area contributed by atoms with Gasteiger partial charge in [0.15, 0.2) is 0 Å². The quantitative estimate of drug-likeness (QED) is 0.844. The minimum absolute atomic E-state index is 0.120. The molecule has 0 atom stereocenters. The lowest BCUT2D eigenvalue weighted by Crippen LogP contribution is -2.32. The van der Waals surface area contributed by atoms with Crippen LogP contribution < -0.4 is 10.1 Å². The molecule has 0 aliphatic rings. The minimum atomic E-state index is -0.120. The molecule has 0 radical (unpaired) electrons. The number of hydrogen-bond acceptors (Lipinski definition) is 3. The van der Waals surface area contributed by atoms with E-state index in [-0.39, 0.29) is 12.1 Å². The molecule has 3 nitrogen and oxygen atoms in total. The van der Waals surface area contributed by atoms with Gasteiger partial charge in [0.1, 0.15) is 5.75 Å². The van der Waals surface area contributed by atoms with Gasteiger partial charge in [-0.3, -0.25) is 0 Å². The van der Waals surface area contributed by atoms with E-state index in [4.69, 9.17) is 9.84 Å². The van der Waals surface area contributed by atoms with Crippen molar-refractivity contribution in [3.8, 4) is 5.75 Å². The van der Waals surface area contributed by atoms with E-state index in [0.717, 1.165) is 23.4 Å². The Morgan fingerprint density at radius 1 is 1.22 bits per heavy atom. The van der Waals surface area contributed by atoms with E-state index in [1.165, 1.54) is 11.1 Å². The molecule has 2 N–H and O–H groups in total. The van der Waals surface area contributed by atoms with Crippen LogP contribution in [0.5, 0.6) is 5.75 Å². The molecule has 0 unspecified atom stereocenters. The Morgan fingerprint density at radius 3 is 2.33 bits per heavy atom. The number of benzene rings is 1. The van der Waals surface area contributed by atoms with Gasteiger partial charge in [0.05, 0.1) is 7.11 Å². The SMILES string of the molecule is COc1cc(C)c(NC(C)(C)CCO)c(C)c1C. The van der Waals surface area contributed by atoms with Crippen molar-refractivity contribution in [2.45, 2.75) is 46.6 Å². The Balaban J connectivity index is 3.14. The number of rotatable bonds is 5. The topological polar surface area (TPSA) is 41.5 Å². The fourth-order valence-corrected chi connectivity index (χ4v) is 2.13.